The summed E-state index contributed by atoms with van der Waals surface area (Å²) in [7, 11) is 0. The number of anilines is 1. The second kappa shape index (κ2) is 6.84. The predicted molar refractivity (Wildman–Crippen MR) is 81.5 cm³/mol. The molecule has 4 nitrogen and oxygen atoms in total. The Hall–Kier alpha value is -2.17. The minimum atomic E-state index is 0.00525. The Labute approximate surface area is 118 Å². The summed E-state index contributed by atoms with van der Waals surface area (Å²) in [5.41, 5.74) is 14.3. The van der Waals surface area contributed by atoms with Crippen LogP contribution in [0.1, 0.15) is 21.5 Å². The van der Waals surface area contributed by atoms with Crippen molar-refractivity contribution in [3.63, 3.8) is 0 Å². The number of carbonyl (C=O) groups excluding carboxylic acids is 1. The van der Waals surface area contributed by atoms with Gasteiger partial charge in [0.25, 0.3) is 0 Å². The standard InChI is InChI=1S/C16H19N3O/c17-8-9-19-11-14-10-13(6-7-15(14)18)16(20)12-4-2-1-3-5-12/h1-7,10,19H,8-9,11,17-18H2. The number of benzene rings is 2. The lowest BCUT2D eigenvalue weighted by atomic mass is 10.0. The van der Waals surface area contributed by atoms with Crippen LogP contribution in [-0.4, -0.2) is 18.9 Å². The highest BCUT2D eigenvalue weighted by Gasteiger charge is 2.10. The Balaban J connectivity index is 2.20. The highest BCUT2D eigenvalue weighted by molar-refractivity contribution is 6.09. The van der Waals surface area contributed by atoms with Gasteiger partial charge in [-0.15, -0.1) is 0 Å². The van der Waals surface area contributed by atoms with Crippen molar-refractivity contribution in [2.45, 2.75) is 6.54 Å². The molecule has 2 aromatic rings. The van der Waals surface area contributed by atoms with Crippen LogP contribution in [0.3, 0.4) is 0 Å². The van der Waals surface area contributed by atoms with Crippen molar-refractivity contribution in [2.75, 3.05) is 18.8 Å². The molecule has 4 heteroatoms. The van der Waals surface area contributed by atoms with E-state index in [0.717, 1.165) is 12.1 Å². The zero-order valence-electron chi connectivity index (χ0n) is 11.3. The molecule has 0 saturated heterocycles. The molecule has 0 aliphatic heterocycles. The first-order valence-corrected chi connectivity index (χ1v) is 6.61. The summed E-state index contributed by atoms with van der Waals surface area (Å²) in [6, 6.07) is 14.6. The Morgan fingerprint density at radius 1 is 1.05 bits per heavy atom. The number of ketones is 1. The van der Waals surface area contributed by atoms with E-state index in [1.807, 2.05) is 36.4 Å². The van der Waals surface area contributed by atoms with Gasteiger partial charge in [-0.1, -0.05) is 30.3 Å². The average molecular weight is 269 g/mol. The molecule has 2 rings (SSSR count). The summed E-state index contributed by atoms with van der Waals surface area (Å²) >= 11 is 0. The minimum absolute atomic E-state index is 0.00525. The van der Waals surface area contributed by atoms with E-state index >= 15 is 0 Å². The molecule has 2 aromatic carbocycles. The first-order valence-electron chi connectivity index (χ1n) is 6.61. The molecule has 0 heterocycles. The van der Waals surface area contributed by atoms with Crippen molar-refractivity contribution in [1.82, 2.24) is 5.32 Å². The average Bonchev–Trinajstić information content (AvgIpc) is 2.49. The fraction of sp³-hybridized carbons (Fsp3) is 0.188. The Bertz CT molecular complexity index is 582. The smallest absolute Gasteiger partial charge is 0.193 e. The molecule has 5 N–H and O–H groups in total. The van der Waals surface area contributed by atoms with Crippen molar-refractivity contribution in [2.24, 2.45) is 5.73 Å². The fourth-order valence-corrected chi connectivity index (χ4v) is 1.98. The second-order valence-electron chi connectivity index (χ2n) is 4.57. The van der Waals surface area contributed by atoms with Gasteiger partial charge in [-0.25, -0.2) is 0 Å². The molecule has 0 atom stereocenters. The Morgan fingerprint density at radius 2 is 1.80 bits per heavy atom. The van der Waals surface area contributed by atoms with E-state index in [9.17, 15) is 4.79 Å². The van der Waals surface area contributed by atoms with Gasteiger partial charge < -0.3 is 16.8 Å². The highest BCUT2D eigenvalue weighted by atomic mass is 16.1. The van der Waals surface area contributed by atoms with Crippen molar-refractivity contribution < 1.29 is 4.79 Å². The quantitative estimate of drug-likeness (QED) is 0.422. The molecule has 20 heavy (non-hydrogen) atoms. The monoisotopic (exact) mass is 269 g/mol. The maximum absolute atomic E-state index is 12.4. The second-order valence-corrected chi connectivity index (χ2v) is 4.57. The van der Waals surface area contributed by atoms with Crippen molar-refractivity contribution in [3.05, 3.63) is 65.2 Å². The van der Waals surface area contributed by atoms with Crippen molar-refractivity contribution >= 4 is 11.5 Å². The molecular formula is C16H19N3O. The van der Waals surface area contributed by atoms with Gasteiger partial charge in [0.15, 0.2) is 5.78 Å². The van der Waals surface area contributed by atoms with E-state index in [1.165, 1.54) is 0 Å². The predicted octanol–water partition coefficient (Wildman–Crippen LogP) is 1.55. The van der Waals surface area contributed by atoms with Crippen LogP contribution in [0.5, 0.6) is 0 Å². The number of rotatable bonds is 6. The van der Waals surface area contributed by atoms with E-state index in [-0.39, 0.29) is 5.78 Å². The zero-order valence-corrected chi connectivity index (χ0v) is 11.3. The van der Waals surface area contributed by atoms with Crippen LogP contribution in [-0.2, 0) is 6.54 Å². The fourth-order valence-electron chi connectivity index (χ4n) is 1.98. The topological polar surface area (TPSA) is 81.1 Å². The third kappa shape index (κ3) is 3.44. The molecule has 0 spiro atoms. The molecule has 0 saturated carbocycles. The maximum atomic E-state index is 12.4. The van der Waals surface area contributed by atoms with Gasteiger partial charge >= 0.3 is 0 Å². The van der Waals surface area contributed by atoms with Crippen LogP contribution in [0.25, 0.3) is 0 Å². The summed E-state index contributed by atoms with van der Waals surface area (Å²) < 4.78 is 0. The normalized spacial score (nSPS) is 10.4. The molecule has 0 aliphatic carbocycles. The van der Waals surface area contributed by atoms with E-state index < -0.39 is 0 Å². The van der Waals surface area contributed by atoms with Gasteiger partial charge in [-0.3, -0.25) is 4.79 Å². The molecule has 0 fully saturated rings. The van der Waals surface area contributed by atoms with Gasteiger partial charge in [0.05, 0.1) is 0 Å². The van der Waals surface area contributed by atoms with Gasteiger partial charge in [0, 0.05) is 36.4 Å². The van der Waals surface area contributed by atoms with Crippen LogP contribution in [0, 0.1) is 0 Å². The molecular weight excluding hydrogens is 250 g/mol. The van der Waals surface area contributed by atoms with Crippen molar-refractivity contribution in [1.29, 1.82) is 0 Å². The maximum Gasteiger partial charge on any atom is 0.193 e. The summed E-state index contributed by atoms with van der Waals surface area (Å²) in [6.45, 7) is 1.90. The first-order chi connectivity index (χ1) is 9.72. The summed E-state index contributed by atoms with van der Waals surface area (Å²) in [5, 5.41) is 3.18. The van der Waals surface area contributed by atoms with Gasteiger partial charge in [0.2, 0.25) is 0 Å². The summed E-state index contributed by atoms with van der Waals surface area (Å²) in [6.07, 6.45) is 0. The molecule has 0 amide bonds. The number of nitrogens with one attached hydrogen (secondary N) is 1. The van der Waals surface area contributed by atoms with Crippen LogP contribution < -0.4 is 16.8 Å². The third-order valence-corrected chi connectivity index (χ3v) is 3.08. The Kier molecular flexibility index (Phi) is 4.87. The van der Waals surface area contributed by atoms with Crippen molar-refractivity contribution in [3.8, 4) is 0 Å². The minimum Gasteiger partial charge on any atom is -0.398 e. The lowest BCUT2D eigenvalue weighted by Gasteiger charge is -2.09. The summed E-state index contributed by atoms with van der Waals surface area (Å²) in [4.78, 5) is 12.4. The van der Waals surface area contributed by atoms with Crippen LogP contribution in [0.4, 0.5) is 5.69 Å². The van der Waals surface area contributed by atoms with E-state index in [1.54, 1.807) is 12.1 Å². The summed E-state index contributed by atoms with van der Waals surface area (Å²) in [5.74, 6) is 0.00525. The first kappa shape index (κ1) is 14.2. The van der Waals surface area contributed by atoms with E-state index in [4.69, 9.17) is 11.5 Å². The van der Waals surface area contributed by atoms with Crippen LogP contribution in [0.2, 0.25) is 0 Å². The molecule has 0 aliphatic rings. The molecule has 0 aromatic heterocycles. The lowest BCUT2D eigenvalue weighted by molar-refractivity contribution is 0.103. The molecule has 0 radical (unpaired) electrons. The van der Waals surface area contributed by atoms with E-state index in [0.29, 0.717) is 29.9 Å². The van der Waals surface area contributed by atoms with Crippen LogP contribution >= 0.6 is 0 Å². The molecule has 0 unspecified atom stereocenters. The van der Waals surface area contributed by atoms with Gasteiger partial charge in [0.1, 0.15) is 0 Å². The largest absolute Gasteiger partial charge is 0.398 e. The molecule has 0 bridgehead atoms. The number of hydrogen-bond donors (Lipinski definition) is 3. The Morgan fingerprint density at radius 3 is 2.50 bits per heavy atom. The molecule has 104 valence electrons. The number of carbonyl (C=O) groups is 1. The number of nitrogens with two attached hydrogens (primary N) is 2. The lowest BCUT2D eigenvalue weighted by Crippen LogP contribution is -2.22. The highest BCUT2D eigenvalue weighted by Crippen LogP contribution is 2.17. The number of hydrogen-bond acceptors (Lipinski definition) is 4. The SMILES string of the molecule is NCCNCc1cc(C(=O)c2ccccc2)ccc1N. The van der Waals surface area contributed by atoms with Gasteiger partial charge in [-0.2, -0.15) is 0 Å². The van der Waals surface area contributed by atoms with Gasteiger partial charge in [-0.05, 0) is 23.8 Å². The zero-order chi connectivity index (χ0) is 14.4. The van der Waals surface area contributed by atoms with Crippen LogP contribution in [0.15, 0.2) is 48.5 Å². The number of nitrogen functional groups attached to an aromatic ring is 1. The third-order valence-electron chi connectivity index (χ3n) is 3.08. The van der Waals surface area contributed by atoms with E-state index in [2.05, 4.69) is 5.32 Å².